The minimum atomic E-state index is -0.720. The summed E-state index contributed by atoms with van der Waals surface area (Å²) < 4.78 is 29.2. The van der Waals surface area contributed by atoms with Crippen molar-refractivity contribution in [2.24, 2.45) is 5.16 Å². The fraction of sp³-hybridized carbons (Fsp3) is 0.278. The van der Waals surface area contributed by atoms with Gasteiger partial charge in [0.1, 0.15) is 11.6 Å². The number of fused-ring (bicyclic) bond motifs is 1. The summed E-state index contributed by atoms with van der Waals surface area (Å²) in [6.07, 6.45) is 2.15. The zero-order valence-corrected chi connectivity index (χ0v) is 15.7. The maximum Gasteiger partial charge on any atom is 0.165 e. The highest BCUT2D eigenvalue weighted by molar-refractivity contribution is 7.17. The van der Waals surface area contributed by atoms with Gasteiger partial charge >= 0.3 is 0 Å². The first kappa shape index (κ1) is 18.1. The lowest BCUT2D eigenvalue weighted by Gasteiger charge is -2.22. The molecule has 0 spiro atoms. The third kappa shape index (κ3) is 3.46. The Morgan fingerprint density at radius 1 is 1.15 bits per heavy atom. The first-order valence-electron chi connectivity index (χ1n) is 8.41. The molecule has 0 radical (unpaired) electrons. The number of thiophene rings is 1. The fourth-order valence-corrected chi connectivity index (χ4v) is 4.16. The summed E-state index contributed by atoms with van der Waals surface area (Å²) >= 11 is 7.15. The van der Waals surface area contributed by atoms with Gasteiger partial charge in [-0.2, -0.15) is 0 Å². The molecule has 1 aliphatic heterocycles. The quantitative estimate of drug-likeness (QED) is 0.363. The van der Waals surface area contributed by atoms with E-state index in [9.17, 15) is 8.78 Å². The van der Waals surface area contributed by atoms with Crippen LogP contribution >= 0.6 is 22.9 Å². The zero-order valence-electron chi connectivity index (χ0n) is 14.1. The van der Waals surface area contributed by atoms with Crippen molar-refractivity contribution in [3.63, 3.8) is 0 Å². The summed E-state index contributed by atoms with van der Waals surface area (Å²) in [5.41, 5.74) is 1.40. The van der Waals surface area contributed by atoms with E-state index in [4.69, 9.17) is 16.8 Å². The first-order chi connectivity index (χ1) is 13.1. The minimum absolute atomic E-state index is 0.0290. The van der Waals surface area contributed by atoms with Crippen molar-refractivity contribution in [1.82, 2.24) is 9.97 Å². The van der Waals surface area contributed by atoms with Gasteiger partial charge in [-0.25, -0.2) is 18.7 Å². The van der Waals surface area contributed by atoms with Gasteiger partial charge in [-0.15, -0.1) is 11.3 Å². The molecule has 1 N–H and O–H groups in total. The third-order valence-electron chi connectivity index (χ3n) is 4.54. The van der Waals surface area contributed by atoms with Crippen LogP contribution in [0.3, 0.4) is 0 Å². The van der Waals surface area contributed by atoms with Crippen molar-refractivity contribution in [3.8, 4) is 11.4 Å². The van der Waals surface area contributed by atoms with Gasteiger partial charge in [0.25, 0.3) is 0 Å². The molecule has 0 unspecified atom stereocenters. The van der Waals surface area contributed by atoms with E-state index in [1.807, 2.05) is 11.4 Å². The standard InChI is InChI=1S/C18H15ClF2N4OS/c19-12-9-13(20)11(8-14(12)21)17-22-15-4-7-27-16(15)18(23-17)25-5-1-2-10(24-26)3-6-25/h4,7-9,26H,1-3,5-6H2. The van der Waals surface area contributed by atoms with Crippen LogP contribution in [-0.4, -0.2) is 34.0 Å². The summed E-state index contributed by atoms with van der Waals surface area (Å²) in [6, 6.07) is 3.79. The summed E-state index contributed by atoms with van der Waals surface area (Å²) in [6.45, 7) is 1.35. The maximum absolute atomic E-state index is 14.4. The number of benzene rings is 1. The lowest BCUT2D eigenvalue weighted by atomic mass is 10.2. The van der Waals surface area contributed by atoms with Gasteiger partial charge in [0, 0.05) is 19.5 Å². The van der Waals surface area contributed by atoms with Crippen LogP contribution in [0.15, 0.2) is 28.7 Å². The van der Waals surface area contributed by atoms with Gasteiger partial charge in [0.15, 0.2) is 11.6 Å². The lowest BCUT2D eigenvalue weighted by Crippen LogP contribution is -2.25. The van der Waals surface area contributed by atoms with Crippen LogP contribution < -0.4 is 4.90 Å². The molecule has 27 heavy (non-hydrogen) atoms. The topological polar surface area (TPSA) is 61.6 Å². The SMILES string of the molecule is ON=C1CCCN(c2nc(-c3cc(F)c(Cl)cc3F)nc3ccsc23)CC1. The molecule has 140 valence electrons. The average molecular weight is 409 g/mol. The van der Waals surface area contributed by atoms with E-state index in [2.05, 4.69) is 20.0 Å². The van der Waals surface area contributed by atoms with Crippen molar-refractivity contribution in [2.45, 2.75) is 19.3 Å². The molecule has 4 rings (SSSR count). The van der Waals surface area contributed by atoms with Gasteiger partial charge in [0.2, 0.25) is 0 Å². The highest BCUT2D eigenvalue weighted by atomic mass is 35.5. The van der Waals surface area contributed by atoms with Crippen LogP contribution in [0.2, 0.25) is 5.02 Å². The molecular formula is C18H15ClF2N4OS. The van der Waals surface area contributed by atoms with Gasteiger partial charge in [-0.1, -0.05) is 16.8 Å². The van der Waals surface area contributed by atoms with Crippen LogP contribution in [-0.2, 0) is 0 Å². The Balaban J connectivity index is 1.82. The van der Waals surface area contributed by atoms with E-state index in [0.29, 0.717) is 24.3 Å². The molecule has 9 heteroatoms. The van der Waals surface area contributed by atoms with E-state index in [0.717, 1.165) is 41.9 Å². The zero-order chi connectivity index (χ0) is 19.0. The summed E-state index contributed by atoms with van der Waals surface area (Å²) in [5.74, 6) is -0.599. The molecule has 1 saturated heterocycles. The first-order valence-corrected chi connectivity index (χ1v) is 9.67. The van der Waals surface area contributed by atoms with Gasteiger partial charge in [-0.05, 0) is 36.4 Å². The molecular weight excluding hydrogens is 394 g/mol. The third-order valence-corrected chi connectivity index (χ3v) is 5.73. The lowest BCUT2D eigenvalue weighted by molar-refractivity contribution is 0.316. The number of halogens is 3. The fourth-order valence-electron chi connectivity index (χ4n) is 3.16. The molecule has 1 aliphatic rings. The highest BCUT2D eigenvalue weighted by Crippen LogP contribution is 2.34. The van der Waals surface area contributed by atoms with Crippen LogP contribution in [0.4, 0.5) is 14.6 Å². The van der Waals surface area contributed by atoms with Crippen LogP contribution in [0.25, 0.3) is 21.6 Å². The van der Waals surface area contributed by atoms with Gasteiger partial charge in [0.05, 0.1) is 26.5 Å². The molecule has 0 amide bonds. The van der Waals surface area contributed by atoms with Crippen molar-refractivity contribution in [3.05, 3.63) is 40.2 Å². The van der Waals surface area contributed by atoms with Crippen molar-refractivity contribution in [1.29, 1.82) is 0 Å². The highest BCUT2D eigenvalue weighted by Gasteiger charge is 2.21. The van der Waals surface area contributed by atoms with Gasteiger partial charge in [-0.3, -0.25) is 0 Å². The average Bonchev–Trinajstić information content (AvgIpc) is 3.00. The number of hydrogen-bond donors (Lipinski definition) is 1. The van der Waals surface area contributed by atoms with Crippen molar-refractivity contribution in [2.75, 3.05) is 18.0 Å². The Morgan fingerprint density at radius 3 is 2.81 bits per heavy atom. The normalized spacial score (nSPS) is 16.9. The molecule has 1 fully saturated rings. The van der Waals surface area contributed by atoms with Crippen LogP contribution in [0, 0.1) is 11.6 Å². The molecule has 0 atom stereocenters. The van der Waals surface area contributed by atoms with Crippen LogP contribution in [0.1, 0.15) is 19.3 Å². The molecule has 1 aromatic carbocycles. The van der Waals surface area contributed by atoms with E-state index in [1.165, 1.54) is 11.3 Å². The number of nitrogens with zero attached hydrogens (tertiary/aromatic N) is 4. The monoisotopic (exact) mass is 408 g/mol. The van der Waals surface area contributed by atoms with E-state index >= 15 is 0 Å². The second kappa shape index (κ2) is 7.36. The second-order valence-electron chi connectivity index (χ2n) is 6.26. The molecule has 5 nitrogen and oxygen atoms in total. The summed E-state index contributed by atoms with van der Waals surface area (Å²) in [4.78, 5) is 11.0. The Morgan fingerprint density at radius 2 is 2.00 bits per heavy atom. The Kier molecular flexibility index (Phi) is 4.92. The number of anilines is 1. The Bertz CT molecular complexity index is 1040. The van der Waals surface area contributed by atoms with Crippen molar-refractivity contribution >= 4 is 44.7 Å². The smallest absolute Gasteiger partial charge is 0.165 e. The predicted molar refractivity (Wildman–Crippen MR) is 103 cm³/mol. The molecule has 2 aromatic heterocycles. The number of oxime groups is 1. The van der Waals surface area contributed by atoms with Gasteiger partial charge < -0.3 is 10.1 Å². The van der Waals surface area contributed by atoms with Crippen LogP contribution in [0.5, 0.6) is 0 Å². The van der Waals surface area contributed by atoms with E-state index < -0.39 is 11.6 Å². The Hall–Kier alpha value is -2.32. The maximum atomic E-state index is 14.4. The number of aromatic nitrogens is 2. The predicted octanol–water partition coefficient (Wildman–Crippen LogP) is 5.11. The summed E-state index contributed by atoms with van der Waals surface area (Å²) in [7, 11) is 0. The largest absolute Gasteiger partial charge is 0.411 e. The molecule has 0 saturated carbocycles. The molecule has 3 aromatic rings. The number of hydrogen-bond acceptors (Lipinski definition) is 6. The summed E-state index contributed by atoms with van der Waals surface area (Å²) in [5, 5.41) is 14.0. The molecule has 0 aliphatic carbocycles. The Labute approximate surface area is 162 Å². The van der Waals surface area contributed by atoms with E-state index in [1.54, 1.807) is 0 Å². The van der Waals surface area contributed by atoms with Crippen molar-refractivity contribution < 1.29 is 14.0 Å². The molecule has 3 heterocycles. The van der Waals surface area contributed by atoms with E-state index in [-0.39, 0.29) is 16.4 Å². The minimum Gasteiger partial charge on any atom is -0.411 e. The number of rotatable bonds is 2. The second-order valence-corrected chi connectivity index (χ2v) is 7.58. The molecule has 0 bridgehead atoms.